The zero-order valence-corrected chi connectivity index (χ0v) is 29.8. The van der Waals surface area contributed by atoms with Gasteiger partial charge in [-0.3, -0.25) is 0 Å². The molecule has 0 fully saturated rings. The van der Waals surface area contributed by atoms with Gasteiger partial charge in [-0.15, -0.1) is 5.73 Å². The summed E-state index contributed by atoms with van der Waals surface area (Å²) in [6.45, 7) is 30.8. The van der Waals surface area contributed by atoms with Crippen LogP contribution in [0, 0.1) is 16.7 Å². The molecule has 0 saturated heterocycles. The maximum atomic E-state index is 3.81. The molecular weight excluding hydrogens is 516 g/mol. The molecule has 1 atom stereocenters. The van der Waals surface area contributed by atoms with Crippen LogP contribution in [0.4, 0.5) is 0 Å². The molecule has 0 unspecified atom stereocenters. The van der Waals surface area contributed by atoms with Crippen molar-refractivity contribution in [3.05, 3.63) is 122 Å². The Labute approximate surface area is 268 Å². The van der Waals surface area contributed by atoms with Gasteiger partial charge in [0.1, 0.15) is 0 Å². The Bertz CT molecular complexity index is 1440. The van der Waals surface area contributed by atoms with Crippen LogP contribution in [0.5, 0.6) is 0 Å². The normalized spacial score (nSPS) is 23.8. The molecule has 0 heterocycles. The van der Waals surface area contributed by atoms with Gasteiger partial charge in [-0.05, 0) is 124 Å². The largest absolute Gasteiger partial charge is 0.125 e. The summed E-state index contributed by atoms with van der Waals surface area (Å²) in [6.07, 6.45) is 24.9. The van der Waals surface area contributed by atoms with Gasteiger partial charge < -0.3 is 0 Å². The minimum atomic E-state index is 0. The molecule has 0 nitrogen and oxygen atoms in total. The molecule has 5 aliphatic rings. The van der Waals surface area contributed by atoms with Crippen LogP contribution in [0.25, 0.3) is 0 Å². The smallest absolute Gasteiger partial charge is 0.00755 e. The highest BCUT2D eigenvalue weighted by atomic mass is 14.4. The fourth-order valence-corrected chi connectivity index (χ4v) is 7.19. The average Bonchev–Trinajstić information content (AvgIpc) is 3.10. The fraction of sp³-hybridized carbons (Fsp3) is 0.512. The van der Waals surface area contributed by atoms with Gasteiger partial charge in [-0.25, -0.2) is 0 Å². The number of hydrogen-bond donors (Lipinski definition) is 0. The van der Waals surface area contributed by atoms with Gasteiger partial charge in [0.05, 0.1) is 0 Å². The molecule has 0 saturated carbocycles. The topological polar surface area (TPSA) is 0 Å². The van der Waals surface area contributed by atoms with Crippen molar-refractivity contribution in [1.29, 1.82) is 0 Å². The Hall–Kier alpha value is -2.82. The highest BCUT2D eigenvalue weighted by molar-refractivity contribution is 5.60. The van der Waals surface area contributed by atoms with E-state index in [9.17, 15) is 0 Å². The van der Waals surface area contributed by atoms with E-state index in [0.29, 0.717) is 5.92 Å². The van der Waals surface area contributed by atoms with E-state index in [1.165, 1.54) is 46.3 Å². The standard InChI is InChI=1S/C27H36.C14H18.C2H6.2H2/c1-8-19(2)22-11-9-10-21(12-13-22)17-23-18-25-24(16-20(23)3)26(4,5)14-15-27(25,6)7;1-9-5-6-13-8-10(2)12(4)14(13)11(3)7-9;1-2;;/h10-11,14-15,18,20H,1,9,12-13,16-17H2,2-7H3;6-7H,5,8H2,1-4H3;1-2H3;2*1H/t20-;;;;/m0..../s1. The second-order valence-corrected chi connectivity index (χ2v) is 14.4. The molecule has 43 heavy (non-hydrogen) atoms. The molecule has 236 valence electrons. The zero-order valence-electron chi connectivity index (χ0n) is 29.8. The Morgan fingerprint density at radius 3 is 2.30 bits per heavy atom. The van der Waals surface area contributed by atoms with Crippen molar-refractivity contribution in [2.24, 2.45) is 16.7 Å². The van der Waals surface area contributed by atoms with E-state index < -0.39 is 0 Å². The number of allylic oxidation sites excluding steroid dienone is 19. The molecule has 0 aromatic carbocycles. The first-order chi connectivity index (χ1) is 20.2. The lowest BCUT2D eigenvalue weighted by Gasteiger charge is -2.42. The lowest BCUT2D eigenvalue weighted by Crippen LogP contribution is -2.29. The summed E-state index contributed by atoms with van der Waals surface area (Å²) in [5, 5.41) is 0. The van der Waals surface area contributed by atoms with Crippen molar-refractivity contribution in [3.63, 3.8) is 0 Å². The second kappa shape index (κ2) is 14.3. The summed E-state index contributed by atoms with van der Waals surface area (Å²) < 4.78 is 0. The molecule has 0 aliphatic heterocycles. The first-order valence-electron chi connectivity index (χ1n) is 16.9. The van der Waals surface area contributed by atoms with Crippen LogP contribution in [0.15, 0.2) is 122 Å². The maximum absolute atomic E-state index is 3.81. The van der Waals surface area contributed by atoms with E-state index in [4.69, 9.17) is 0 Å². The number of rotatable bonds is 3. The van der Waals surface area contributed by atoms with Gasteiger partial charge in [0.2, 0.25) is 0 Å². The molecule has 0 radical (unpaired) electrons. The predicted molar refractivity (Wildman–Crippen MR) is 196 cm³/mol. The Kier molecular flexibility index (Phi) is 11.5. The Morgan fingerprint density at radius 2 is 1.63 bits per heavy atom. The predicted octanol–water partition coefficient (Wildman–Crippen LogP) is 13.9. The molecule has 0 heteroatoms. The van der Waals surface area contributed by atoms with Crippen LogP contribution in [-0.4, -0.2) is 0 Å². The van der Waals surface area contributed by atoms with Gasteiger partial charge >= 0.3 is 0 Å². The quantitative estimate of drug-likeness (QED) is 0.230. The van der Waals surface area contributed by atoms with Crippen molar-refractivity contribution in [2.45, 2.75) is 128 Å². The second-order valence-electron chi connectivity index (χ2n) is 14.4. The molecule has 5 rings (SSSR count). The third kappa shape index (κ3) is 8.02. The van der Waals surface area contributed by atoms with E-state index in [2.05, 4.69) is 124 Å². The third-order valence-electron chi connectivity index (χ3n) is 10.2. The summed E-state index contributed by atoms with van der Waals surface area (Å²) in [6, 6.07) is 0. The van der Waals surface area contributed by atoms with E-state index >= 15 is 0 Å². The van der Waals surface area contributed by atoms with Crippen molar-refractivity contribution >= 4 is 0 Å². The molecule has 0 bridgehead atoms. The van der Waals surface area contributed by atoms with Gasteiger partial charge in [-0.1, -0.05) is 125 Å². The lowest BCUT2D eigenvalue weighted by atomic mass is 9.62. The lowest BCUT2D eigenvalue weighted by molar-refractivity contribution is 0.435. The summed E-state index contributed by atoms with van der Waals surface area (Å²) in [7, 11) is 0. The van der Waals surface area contributed by atoms with E-state index in [1.807, 2.05) is 13.8 Å². The minimum absolute atomic E-state index is 0. The first-order valence-corrected chi connectivity index (χ1v) is 16.9. The Balaban J connectivity index is 0.000000477. The van der Waals surface area contributed by atoms with Crippen LogP contribution in [0.1, 0.15) is 131 Å². The van der Waals surface area contributed by atoms with Gasteiger partial charge in [0.15, 0.2) is 0 Å². The van der Waals surface area contributed by atoms with E-state index in [1.54, 1.807) is 33.4 Å². The van der Waals surface area contributed by atoms with Crippen LogP contribution < -0.4 is 0 Å². The van der Waals surface area contributed by atoms with E-state index in [0.717, 1.165) is 32.1 Å². The molecule has 0 amide bonds. The van der Waals surface area contributed by atoms with Crippen molar-refractivity contribution < 1.29 is 2.85 Å². The number of fused-ring (bicyclic) bond motifs is 1. The molecule has 0 spiro atoms. The zero-order chi connectivity index (χ0) is 32.1. The van der Waals surface area contributed by atoms with Crippen LogP contribution in [0.3, 0.4) is 0 Å². The summed E-state index contributed by atoms with van der Waals surface area (Å²) in [5.41, 5.74) is 21.5. The molecule has 0 aromatic rings. The monoisotopic (exact) mass is 581 g/mol. The average molecular weight is 581 g/mol. The van der Waals surface area contributed by atoms with Crippen molar-refractivity contribution in [1.82, 2.24) is 0 Å². The molecule has 5 aliphatic carbocycles. The van der Waals surface area contributed by atoms with Gasteiger partial charge in [0.25, 0.3) is 0 Å². The van der Waals surface area contributed by atoms with Crippen molar-refractivity contribution in [3.8, 4) is 0 Å². The van der Waals surface area contributed by atoms with E-state index in [-0.39, 0.29) is 13.7 Å². The first kappa shape index (κ1) is 34.7. The van der Waals surface area contributed by atoms with Gasteiger partial charge in [-0.2, -0.15) is 0 Å². The number of hydrogen-bond acceptors (Lipinski definition) is 0. The highest BCUT2D eigenvalue weighted by Crippen LogP contribution is 2.51. The third-order valence-corrected chi connectivity index (χ3v) is 10.2. The summed E-state index contributed by atoms with van der Waals surface area (Å²) >= 11 is 0. The highest BCUT2D eigenvalue weighted by Gasteiger charge is 2.37. The van der Waals surface area contributed by atoms with Crippen LogP contribution in [0.2, 0.25) is 0 Å². The molecular formula is C43H64. The molecule has 0 N–H and O–H groups in total. The van der Waals surface area contributed by atoms with Crippen LogP contribution >= 0.6 is 0 Å². The van der Waals surface area contributed by atoms with Crippen molar-refractivity contribution in [2.75, 3.05) is 0 Å². The SMILES string of the molecule is C=C=C(C)C1=CCC=C(CC2=CC3=C(C[C@@H]2C)C(C)(C)C=CC3(C)C)CC1.CC.CC1=CC(C)=C2C(=CC1)CC(C)=C2C.[HH].[HH]. The molecule has 0 aromatic heterocycles. The summed E-state index contributed by atoms with van der Waals surface area (Å²) in [5.74, 6) is 0.636. The maximum Gasteiger partial charge on any atom is 0.00755 e. The minimum Gasteiger partial charge on any atom is -0.125 e. The Morgan fingerprint density at radius 1 is 0.953 bits per heavy atom. The fourth-order valence-electron chi connectivity index (χ4n) is 7.19. The summed E-state index contributed by atoms with van der Waals surface area (Å²) in [4.78, 5) is 0. The van der Waals surface area contributed by atoms with Crippen LogP contribution in [-0.2, 0) is 0 Å². The van der Waals surface area contributed by atoms with Gasteiger partial charge in [0, 0.05) is 13.7 Å².